The first kappa shape index (κ1) is 29.9. The molecule has 2 aliphatic rings. The Balaban J connectivity index is 0.000000171. The monoisotopic (exact) mass is 657 g/mol. The van der Waals surface area contributed by atoms with Crippen LogP contribution in [0.3, 0.4) is 0 Å². The number of benzene rings is 1. The van der Waals surface area contributed by atoms with Gasteiger partial charge in [0.1, 0.15) is 16.6 Å². The van der Waals surface area contributed by atoms with Gasteiger partial charge in [-0.25, -0.2) is 23.1 Å². The van der Waals surface area contributed by atoms with Crippen LogP contribution in [0.2, 0.25) is 5.02 Å². The summed E-state index contributed by atoms with van der Waals surface area (Å²) < 4.78 is 25.5. The van der Waals surface area contributed by atoms with Crippen molar-refractivity contribution in [2.24, 2.45) is 5.73 Å². The average Bonchev–Trinajstić information content (AvgIpc) is 3.72. The lowest BCUT2D eigenvalue weighted by atomic mass is 9.95. The van der Waals surface area contributed by atoms with Crippen LogP contribution in [0.5, 0.6) is 0 Å². The van der Waals surface area contributed by atoms with Gasteiger partial charge < -0.3 is 16.2 Å². The van der Waals surface area contributed by atoms with E-state index < -0.39 is 33.8 Å². The molecule has 4 aromatic rings. The maximum Gasteiger partial charge on any atom is 0.326 e. The Hall–Kier alpha value is -4.57. The van der Waals surface area contributed by atoms with Crippen molar-refractivity contribution in [3.05, 3.63) is 97.6 Å². The quantitative estimate of drug-likeness (QED) is 0.213. The number of aromatic nitrogens is 1. The highest BCUT2D eigenvalue weighted by Crippen LogP contribution is 2.41. The standard InChI is InChI=1S/C14H9ClN2O3S.C13H11N3O4S2/c15-7-3-4-9-8(6-7)11(13(19)17(9)14(16)20)12(18)10-2-1-5-21-10;1-16-10(13(18)15-9-4-2-3-6-14-9)11(17)12-8(5-7-21-12)22(16,19)20/h1-6,11H,(H2,16,20);2-7,17H,1H3,(H,14,15,18). The highest BCUT2D eigenvalue weighted by Gasteiger charge is 2.44. The minimum atomic E-state index is -3.85. The Morgan fingerprint density at radius 2 is 1.84 bits per heavy atom. The molecule has 0 radical (unpaired) electrons. The molecule has 5 heterocycles. The van der Waals surface area contributed by atoms with Gasteiger partial charge in [0.25, 0.3) is 21.8 Å². The summed E-state index contributed by atoms with van der Waals surface area (Å²) in [5.74, 6) is -2.93. The van der Waals surface area contributed by atoms with Gasteiger partial charge in [-0.15, -0.1) is 22.7 Å². The Bertz CT molecular complexity index is 1910. The number of ketones is 1. The predicted molar refractivity (Wildman–Crippen MR) is 162 cm³/mol. The molecule has 0 fully saturated rings. The van der Waals surface area contributed by atoms with Gasteiger partial charge in [-0.2, -0.15) is 0 Å². The molecule has 0 aliphatic carbocycles. The summed E-state index contributed by atoms with van der Waals surface area (Å²) in [5.41, 5.74) is 5.63. The lowest BCUT2D eigenvalue weighted by molar-refractivity contribution is -0.117. The number of thiophene rings is 2. The van der Waals surface area contributed by atoms with Gasteiger partial charge in [0, 0.05) is 18.3 Å². The second-order valence-electron chi connectivity index (χ2n) is 8.94. The van der Waals surface area contributed by atoms with E-state index in [2.05, 4.69) is 10.3 Å². The number of nitrogens with zero attached hydrogens (tertiary/aromatic N) is 3. The number of likely N-dealkylation sites (N-methyl/N-ethyl adjacent to an activating group) is 1. The van der Waals surface area contributed by atoms with Crippen LogP contribution in [0.25, 0.3) is 5.76 Å². The fraction of sp³-hybridized carbons (Fsp3) is 0.0741. The molecular formula is C27H20ClN5O7S3. The number of fused-ring (bicyclic) bond motifs is 2. The number of hydrogen-bond donors (Lipinski definition) is 3. The van der Waals surface area contributed by atoms with Crippen molar-refractivity contribution >= 4 is 85.2 Å². The number of nitrogens with two attached hydrogens (primary N) is 1. The number of halogens is 1. The van der Waals surface area contributed by atoms with Crippen molar-refractivity contribution in [1.29, 1.82) is 0 Å². The number of Topliss-reactive ketones (excluding diaryl/α,β-unsaturated/α-hetero) is 1. The molecule has 0 spiro atoms. The van der Waals surface area contributed by atoms with Crippen molar-refractivity contribution < 1.29 is 32.7 Å². The van der Waals surface area contributed by atoms with Crippen molar-refractivity contribution in [3.63, 3.8) is 0 Å². The Labute approximate surface area is 257 Å². The molecule has 220 valence electrons. The van der Waals surface area contributed by atoms with E-state index in [4.69, 9.17) is 17.3 Å². The number of sulfonamides is 1. The summed E-state index contributed by atoms with van der Waals surface area (Å²) in [4.78, 5) is 54.1. The number of aliphatic hydroxyl groups excluding tert-OH is 1. The van der Waals surface area contributed by atoms with Crippen molar-refractivity contribution in [1.82, 2.24) is 9.29 Å². The zero-order valence-corrected chi connectivity index (χ0v) is 25.1. The van der Waals surface area contributed by atoms with E-state index in [-0.39, 0.29) is 32.8 Å². The van der Waals surface area contributed by atoms with Gasteiger partial charge in [0.05, 0.1) is 15.4 Å². The Kier molecular flexibility index (Phi) is 8.07. The molecule has 12 nitrogen and oxygen atoms in total. The molecule has 4 N–H and O–H groups in total. The summed E-state index contributed by atoms with van der Waals surface area (Å²) in [6, 6.07) is 13.3. The fourth-order valence-corrected chi connectivity index (χ4v) is 7.87. The van der Waals surface area contributed by atoms with Gasteiger partial charge in [0.2, 0.25) is 0 Å². The topological polar surface area (TPSA) is 180 Å². The minimum absolute atomic E-state index is 0.00751. The molecule has 4 amide bonds. The first-order valence-electron chi connectivity index (χ1n) is 12.2. The first-order chi connectivity index (χ1) is 20.4. The van der Waals surface area contributed by atoms with Gasteiger partial charge in [-0.3, -0.25) is 18.7 Å². The molecule has 0 saturated carbocycles. The number of carbonyl (C=O) groups excluding carboxylic acids is 4. The van der Waals surface area contributed by atoms with Crippen LogP contribution < -0.4 is 16.0 Å². The van der Waals surface area contributed by atoms with Gasteiger partial charge in [-0.05, 0) is 58.8 Å². The predicted octanol–water partition coefficient (Wildman–Crippen LogP) is 4.44. The SMILES string of the molecule is CN1C(C(=O)Nc2ccccn2)=C(O)c2sccc2S1(=O)=O.NC(=O)N1C(=O)C(C(=O)c2cccs2)c2cc(Cl)ccc21. The fourth-order valence-electron chi connectivity index (χ4n) is 4.44. The first-order valence-corrected chi connectivity index (χ1v) is 15.7. The third kappa shape index (κ3) is 5.38. The molecular weight excluding hydrogens is 638 g/mol. The second-order valence-corrected chi connectivity index (χ2v) is 13.2. The zero-order chi connectivity index (χ0) is 31.1. The van der Waals surface area contributed by atoms with Crippen molar-refractivity contribution in [3.8, 4) is 0 Å². The Morgan fingerprint density at radius 1 is 1.07 bits per heavy atom. The summed E-state index contributed by atoms with van der Waals surface area (Å²) in [6.07, 6.45) is 1.49. The normalized spacial score (nSPS) is 16.6. The van der Waals surface area contributed by atoms with E-state index >= 15 is 0 Å². The van der Waals surface area contributed by atoms with E-state index in [0.717, 1.165) is 20.5 Å². The maximum atomic E-state index is 12.5. The summed E-state index contributed by atoms with van der Waals surface area (Å²) >= 11 is 8.23. The van der Waals surface area contributed by atoms with Crippen LogP contribution in [-0.4, -0.2) is 53.5 Å². The number of urea groups is 1. The number of carbonyl (C=O) groups is 4. The van der Waals surface area contributed by atoms with Gasteiger partial charge >= 0.3 is 6.03 Å². The Morgan fingerprint density at radius 3 is 2.49 bits per heavy atom. The van der Waals surface area contributed by atoms with E-state index in [1.54, 1.807) is 47.2 Å². The molecule has 1 aromatic carbocycles. The van der Waals surface area contributed by atoms with Crippen LogP contribution in [0, 0.1) is 0 Å². The third-order valence-corrected chi connectivity index (χ3v) is 10.4. The highest BCUT2D eigenvalue weighted by molar-refractivity contribution is 7.89. The van der Waals surface area contributed by atoms with E-state index in [9.17, 15) is 32.7 Å². The number of pyridine rings is 1. The lowest BCUT2D eigenvalue weighted by Crippen LogP contribution is -2.40. The van der Waals surface area contributed by atoms with E-state index in [1.807, 2.05) is 0 Å². The summed E-state index contributed by atoms with van der Waals surface area (Å²) in [5, 5.41) is 16.4. The number of aliphatic hydroxyl groups is 1. The van der Waals surface area contributed by atoms with Crippen LogP contribution >= 0.6 is 34.3 Å². The number of nitrogens with one attached hydrogen (secondary N) is 1. The smallest absolute Gasteiger partial charge is 0.326 e. The molecule has 0 bridgehead atoms. The van der Waals surface area contributed by atoms with E-state index in [0.29, 0.717) is 21.2 Å². The third-order valence-electron chi connectivity index (χ3n) is 6.40. The molecule has 3 aromatic heterocycles. The largest absolute Gasteiger partial charge is 0.504 e. The van der Waals surface area contributed by atoms with Crippen LogP contribution in [0.4, 0.5) is 16.3 Å². The summed E-state index contributed by atoms with van der Waals surface area (Å²) in [7, 11) is -2.63. The summed E-state index contributed by atoms with van der Waals surface area (Å²) in [6.45, 7) is 0. The number of amides is 4. The highest BCUT2D eigenvalue weighted by atomic mass is 35.5. The number of rotatable bonds is 4. The molecule has 2 aliphatic heterocycles. The second kappa shape index (κ2) is 11.6. The lowest BCUT2D eigenvalue weighted by Gasteiger charge is -2.26. The molecule has 16 heteroatoms. The number of imide groups is 1. The van der Waals surface area contributed by atoms with Crippen molar-refractivity contribution in [2.45, 2.75) is 10.8 Å². The average molecular weight is 658 g/mol. The minimum Gasteiger partial charge on any atom is -0.504 e. The number of primary amides is 1. The van der Waals surface area contributed by atoms with E-state index in [1.165, 1.54) is 42.8 Å². The number of hydrogen-bond acceptors (Lipinski definition) is 10. The molecule has 0 saturated heterocycles. The van der Waals surface area contributed by atoms with Gasteiger partial charge in [-0.1, -0.05) is 23.7 Å². The number of anilines is 2. The van der Waals surface area contributed by atoms with Gasteiger partial charge in [0.15, 0.2) is 17.2 Å². The molecule has 1 unspecified atom stereocenters. The van der Waals surface area contributed by atoms with Crippen LogP contribution in [-0.2, 0) is 19.6 Å². The van der Waals surface area contributed by atoms with Crippen LogP contribution in [0.1, 0.15) is 26.0 Å². The molecule has 1 atom stereocenters. The zero-order valence-electron chi connectivity index (χ0n) is 21.9. The maximum absolute atomic E-state index is 12.5. The molecule has 43 heavy (non-hydrogen) atoms. The van der Waals surface area contributed by atoms with Crippen LogP contribution in [0.15, 0.2) is 82.1 Å². The van der Waals surface area contributed by atoms with Crippen molar-refractivity contribution in [2.75, 3.05) is 17.3 Å². The molecule has 6 rings (SSSR count).